The molecule has 112 valence electrons. The molecule has 21 heavy (non-hydrogen) atoms. The predicted molar refractivity (Wildman–Crippen MR) is 80.3 cm³/mol. The molecule has 0 unspecified atom stereocenters. The molecular formula is C17H21NO3. The Labute approximate surface area is 125 Å². The summed E-state index contributed by atoms with van der Waals surface area (Å²) < 4.78 is 4.80. The van der Waals surface area contributed by atoms with E-state index in [0.29, 0.717) is 6.54 Å². The van der Waals surface area contributed by atoms with E-state index in [1.165, 1.54) is 7.11 Å². The maximum atomic E-state index is 12.7. The highest BCUT2D eigenvalue weighted by Crippen LogP contribution is 2.23. The molecule has 2 rings (SSSR count). The summed E-state index contributed by atoms with van der Waals surface area (Å²) in [6.07, 6.45) is 5.54. The van der Waals surface area contributed by atoms with Gasteiger partial charge in [0.15, 0.2) is 0 Å². The number of methoxy groups -OCH3 is 1. The maximum absolute atomic E-state index is 12.7. The number of benzene rings is 1. The van der Waals surface area contributed by atoms with Crippen LogP contribution in [-0.4, -0.2) is 29.9 Å². The second kappa shape index (κ2) is 7.07. The zero-order valence-electron chi connectivity index (χ0n) is 12.5. The number of hydrogen-bond acceptors (Lipinski definition) is 3. The van der Waals surface area contributed by atoms with Crippen LogP contribution >= 0.6 is 0 Å². The van der Waals surface area contributed by atoms with Crippen LogP contribution in [0.1, 0.15) is 25.3 Å². The molecule has 0 heterocycles. The molecule has 1 amide bonds. The summed E-state index contributed by atoms with van der Waals surface area (Å²) in [6.45, 7) is 2.14. The van der Waals surface area contributed by atoms with Gasteiger partial charge in [0.2, 0.25) is 5.91 Å². The van der Waals surface area contributed by atoms with E-state index in [0.717, 1.165) is 18.4 Å². The Morgan fingerprint density at radius 3 is 2.43 bits per heavy atom. The van der Waals surface area contributed by atoms with Crippen LogP contribution in [0, 0.1) is 5.92 Å². The van der Waals surface area contributed by atoms with E-state index >= 15 is 0 Å². The van der Waals surface area contributed by atoms with Gasteiger partial charge in [0, 0.05) is 12.5 Å². The zero-order chi connectivity index (χ0) is 15.2. The van der Waals surface area contributed by atoms with Crippen molar-refractivity contribution in [1.29, 1.82) is 0 Å². The van der Waals surface area contributed by atoms with Crippen LogP contribution in [0.4, 0.5) is 0 Å². The van der Waals surface area contributed by atoms with Gasteiger partial charge in [-0.3, -0.25) is 4.79 Å². The first-order chi connectivity index (χ1) is 10.1. The molecule has 0 radical (unpaired) electrons. The van der Waals surface area contributed by atoms with E-state index < -0.39 is 6.04 Å². The van der Waals surface area contributed by atoms with E-state index in [4.69, 9.17) is 4.74 Å². The third-order valence-corrected chi connectivity index (χ3v) is 3.85. The summed E-state index contributed by atoms with van der Waals surface area (Å²) in [4.78, 5) is 26.1. The Morgan fingerprint density at radius 1 is 1.24 bits per heavy atom. The number of ether oxygens (including phenoxy) is 1. The molecule has 0 aliphatic heterocycles. The first-order valence-corrected chi connectivity index (χ1v) is 7.20. The lowest BCUT2D eigenvalue weighted by Gasteiger charge is -2.30. The van der Waals surface area contributed by atoms with Gasteiger partial charge >= 0.3 is 5.97 Å². The molecule has 0 bridgehead atoms. The molecular weight excluding hydrogens is 266 g/mol. The minimum Gasteiger partial charge on any atom is -0.467 e. The van der Waals surface area contributed by atoms with Gasteiger partial charge in [-0.15, -0.1) is 0 Å². The summed E-state index contributed by atoms with van der Waals surface area (Å²) in [7, 11) is 1.35. The molecule has 0 spiro atoms. The van der Waals surface area contributed by atoms with Crippen LogP contribution in [-0.2, 0) is 20.9 Å². The second-order valence-corrected chi connectivity index (χ2v) is 5.29. The normalized spacial score (nSPS) is 15.7. The molecule has 1 aromatic rings. The van der Waals surface area contributed by atoms with Crippen molar-refractivity contribution in [2.75, 3.05) is 7.11 Å². The lowest BCUT2D eigenvalue weighted by molar-refractivity contribution is -0.154. The van der Waals surface area contributed by atoms with Crippen molar-refractivity contribution < 1.29 is 14.3 Å². The Balaban J connectivity index is 2.17. The summed E-state index contributed by atoms with van der Waals surface area (Å²) in [6, 6.07) is 9.12. The highest BCUT2D eigenvalue weighted by molar-refractivity contribution is 5.86. The van der Waals surface area contributed by atoms with Gasteiger partial charge in [0.1, 0.15) is 6.04 Å². The van der Waals surface area contributed by atoms with Crippen LogP contribution in [0.5, 0.6) is 0 Å². The number of rotatable bonds is 5. The molecule has 1 aromatic carbocycles. The molecule has 0 aromatic heterocycles. The van der Waals surface area contributed by atoms with Crippen LogP contribution in [0.15, 0.2) is 42.5 Å². The molecule has 0 fully saturated rings. The highest BCUT2D eigenvalue weighted by Gasteiger charge is 2.31. The molecule has 1 aliphatic rings. The fraction of sp³-hybridized carbons (Fsp3) is 0.412. The Bertz CT molecular complexity index is 516. The first kappa shape index (κ1) is 15.3. The fourth-order valence-electron chi connectivity index (χ4n) is 2.54. The van der Waals surface area contributed by atoms with Crippen molar-refractivity contribution in [3.8, 4) is 0 Å². The Hall–Kier alpha value is -2.10. The van der Waals surface area contributed by atoms with Crippen molar-refractivity contribution in [3.05, 3.63) is 48.0 Å². The van der Waals surface area contributed by atoms with Crippen LogP contribution < -0.4 is 0 Å². The molecule has 0 N–H and O–H groups in total. The summed E-state index contributed by atoms with van der Waals surface area (Å²) in [5, 5.41) is 0. The van der Waals surface area contributed by atoms with Gasteiger partial charge in [-0.2, -0.15) is 0 Å². The lowest BCUT2D eigenvalue weighted by atomic mass is 10.0. The van der Waals surface area contributed by atoms with Gasteiger partial charge in [-0.25, -0.2) is 4.79 Å². The monoisotopic (exact) mass is 287 g/mol. The highest BCUT2D eigenvalue weighted by atomic mass is 16.5. The van der Waals surface area contributed by atoms with Crippen molar-refractivity contribution in [3.63, 3.8) is 0 Å². The van der Waals surface area contributed by atoms with Gasteiger partial charge in [0.25, 0.3) is 0 Å². The molecule has 4 nitrogen and oxygen atoms in total. The lowest BCUT2D eigenvalue weighted by Crippen LogP contribution is -2.45. The summed E-state index contributed by atoms with van der Waals surface area (Å²) in [5.74, 6) is -0.423. The molecule has 4 heteroatoms. The third kappa shape index (κ3) is 3.72. The largest absolute Gasteiger partial charge is 0.467 e. The van der Waals surface area contributed by atoms with Crippen LogP contribution in [0.25, 0.3) is 0 Å². The second-order valence-electron chi connectivity index (χ2n) is 5.29. The van der Waals surface area contributed by atoms with Crippen LogP contribution in [0.2, 0.25) is 0 Å². The average Bonchev–Trinajstić information content (AvgIpc) is 3.06. The van der Waals surface area contributed by atoms with Crippen molar-refractivity contribution in [2.45, 2.75) is 32.4 Å². The molecule has 0 saturated carbocycles. The van der Waals surface area contributed by atoms with E-state index in [2.05, 4.69) is 0 Å². The number of nitrogens with zero attached hydrogens (tertiary/aromatic N) is 1. The third-order valence-electron chi connectivity index (χ3n) is 3.85. The predicted octanol–water partition coefficient (Wildman–Crippen LogP) is 2.54. The minimum absolute atomic E-state index is 0.0155. The topological polar surface area (TPSA) is 46.6 Å². The SMILES string of the molecule is COC(=O)[C@H](C)N(Cc1ccccc1)C(=O)C1CC=CC1. The van der Waals surface area contributed by atoms with Crippen molar-refractivity contribution in [2.24, 2.45) is 5.92 Å². The standard InChI is InChI=1S/C17H21NO3/c1-13(17(20)21-2)18(12-14-8-4-3-5-9-14)16(19)15-10-6-7-11-15/h3-9,13,15H,10-12H2,1-2H3/t13-/m0/s1. The first-order valence-electron chi connectivity index (χ1n) is 7.20. The van der Waals surface area contributed by atoms with Crippen molar-refractivity contribution >= 4 is 11.9 Å². The number of carbonyl (C=O) groups excluding carboxylic acids is 2. The quantitative estimate of drug-likeness (QED) is 0.617. The Kier molecular flexibility index (Phi) is 5.14. The number of carbonyl (C=O) groups is 2. The average molecular weight is 287 g/mol. The van der Waals surface area contributed by atoms with Crippen LogP contribution in [0.3, 0.4) is 0 Å². The van der Waals surface area contributed by atoms with E-state index in [-0.39, 0.29) is 17.8 Å². The molecule has 1 atom stereocenters. The molecule has 0 saturated heterocycles. The van der Waals surface area contributed by atoms with Gasteiger partial charge < -0.3 is 9.64 Å². The number of esters is 1. The Morgan fingerprint density at radius 2 is 1.86 bits per heavy atom. The van der Waals surface area contributed by atoms with Gasteiger partial charge in [-0.05, 0) is 25.3 Å². The fourth-order valence-corrected chi connectivity index (χ4v) is 2.54. The van der Waals surface area contributed by atoms with Gasteiger partial charge in [0.05, 0.1) is 7.11 Å². The van der Waals surface area contributed by atoms with Gasteiger partial charge in [-0.1, -0.05) is 42.5 Å². The van der Waals surface area contributed by atoms with E-state index in [1.54, 1.807) is 11.8 Å². The summed E-state index contributed by atoms with van der Waals surface area (Å²) in [5.41, 5.74) is 1.01. The van der Waals surface area contributed by atoms with Crippen molar-refractivity contribution in [1.82, 2.24) is 4.90 Å². The molecule has 1 aliphatic carbocycles. The zero-order valence-corrected chi connectivity index (χ0v) is 12.5. The van der Waals surface area contributed by atoms with E-state index in [1.807, 2.05) is 42.5 Å². The summed E-state index contributed by atoms with van der Waals surface area (Å²) >= 11 is 0. The smallest absolute Gasteiger partial charge is 0.328 e. The van der Waals surface area contributed by atoms with E-state index in [9.17, 15) is 9.59 Å². The number of allylic oxidation sites excluding steroid dienone is 2. The number of hydrogen-bond donors (Lipinski definition) is 0. The number of amides is 1. The minimum atomic E-state index is -0.580. The maximum Gasteiger partial charge on any atom is 0.328 e.